The van der Waals surface area contributed by atoms with Crippen LogP contribution in [0.1, 0.15) is 44.2 Å². The van der Waals surface area contributed by atoms with Crippen molar-refractivity contribution in [2.75, 3.05) is 13.7 Å². The lowest BCUT2D eigenvalue weighted by Gasteiger charge is -2.09. The maximum atomic E-state index is 11.7. The van der Waals surface area contributed by atoms with Gasteiger partial charge in [0, 0.05) is 23.2 Å². The van der Waals surface area contributed by atoms with E-state index in [1.807, 2.05) is 6.07 Å². The zero-order chi connectivity index (χ0) is 16.1. The summed E-state index contributed by atoms with van der Waals surface area (Å²) in [5.74, 6) is -0.00711. The Morgan fingerprint density at radius 1 is 1.36 bits per heavy atom. The van der Waals surface area contributed by atoms with Crippen LogP contribution in [0.5, 0.6) is 0 Å². The van der Waals surface area contributed by atoms with E-state index in [1.165, 1.54) is 7.11 Å². The number of aryl methyl sites for hydroxylation is 1. The molecular weight excluding hydrogens is 298 g/mol. The van der Waals surface area contributed by atoms with Crippen molar-refractivity contribution in [3.8, 4) is 0 Å². The number of hydrogen-bond acceptors (Lipinski definition) is 3. The summed E-state index contributed by atoms with van der Waals surface area (Å²) in [5, 5.41) is 0.776. The summed E-state index contributed by atoms with van der Waals surface area (Å²) in [5.41, 5.74) is 3.18. The van der Waals surface area contributed by atoms with Crippen LogP contribution >= 0.6 is 11.6 Å². The van der Waals surface area contributed by atoms with Crippen molar-refractivity contribution < 1.29 is 9.53 Å². The Hall–Kier alpha value is -1.35. The third kappa shape index (κ3) is 3.89. The van der Waals surface area contributed by atoms with Crippen LogP contribution in [0.15, 0.2) is 23.2 Å². The molecule has 3 nitrogen and oxygen atoms in total. The molecule has 1 aliphatic carbocycles. The number of aliphatic imine (C=N–C) groups is 1. The predicted molar refractivity (Wildman–Crippen MR) is 90.8 cm³/mol. The molecule has 0 bridgehead atoms. The number of carbonyl (C=O) groups is 1. The van der Waals surface area contributed by atoms with Crippen LogP contribution in [0.25, 0.3) is 0 Å². The van der Waals surface area contributed by atoms with E-state index in [9.17, 15) is 4.79 Å². The number of methoxy groups -OCH3 is 1. The number of carbonyl (C=O) groups excluding carboxylic acids is 1. The van der Waals surface area contributed by atoms with Gasteiger partial charge in [0.25, 0.3) is 0 Å². The molecule has 0 amide bonds. The van der Waals surface area contributed by atoms with Gasteiger partial charge in [0.05, 0.1) is 13.0 Å². The normalized spacial score (nSPS) is 20.8. The maximum absolute atomic E-state index is 11.7. The largest absolute Gasteiger partial charge is 0.469 e. The molecule has 22 heavy (non-hydrogen) atoms. The SMILES string of the molecule is CCCCN=C(c1ccc(CC)c(Cl)c1)C1CC1C(=O)OC. The van der Waals surface area contributed by atoms with Gasteiger partial charge in [-0.05, 0) is 36.5 Å². The number of hydrogen-bond donors (Lipinski definition) is 0. The van der Waals surface area contributed by atoms with Crippen molar-refractivity contribution in [2.45, 2.75) is 39.5 Å². The Kier molecular flexibility index (Phi) is 6.01. The van der Waals surface area contributed by atoms with Crippen LogP contribution < -0.4 is 0 Å². The summed E-state index contributed by atoms with van der Waals surface area (Å²) in [7, 11) is 1.44. The molecule has 0 aliphatic heterocycles. The molecule has 2 unspecified atom stereocenters. The van der Waals surface area contributed by atoms with E-state index in [1.54, 1.807) is 0 Å². The zero-order valence-corrected chi connectivity index (χ0v) is 14.3. The molecule has 0 heterocycles. The van der Waals surface area contributed by atoms with Crippen LogP contribution in [0.4, 0.5) is 0 Å². The molecular formula is C18H24ClNO2. The quantitative estimate of drug-likeness (QED) is 0.426. The van der Waals surface area contributed by atoms with E-state index in [0.29, 0.717) is 0 Å². The van der Waals surface area contributed by atoms with Gasteiger partial charge in [0.15, 0.2) is 0 Å². The van der Waals surface area contributed by atoms with E-state index in [-0.39, 0.29) is 17.8 Å². The number of halogens is 1. The Morgan fingerprint density at radius 3 is 2.73 bits per heavy atom. The Labute approximate surface area is 137 Å². The van der Waals surface area contributed by atoms with Gasteiger partial charge in [-0.2, -0.15) is 0 Å². The molecule has 2 rings (SSSR count). The van der Waals surface area contributed by atoms with E-state index < -0.39 is 0 Å². The van der Waals surface area contributed by atoms with Crippen molar-refractivity contribution in [1.82, 2.24) is 0 Å². The minimum Gasteiger partial charge on any atom is -0.469 e. The van der Waals surface area contributed by atoms with Crippen molar-refractivity contribution in [1.29, 1.82) is 0 Å². The van der Waals surface area contributed by atoms with Crippen molar-refractivity contribution in [3.05, 3.63) is 34.3 Å². The first-order chi connectivity index (χ1) is 10.6. The standard InChI is InChI=1S/C18H24ClNO2/c1-4-6-9-20-17(14-11-15(14)18(21)22-3)13-8-7-12(5-2)16(19)10-13/h7-8,10,14-15H,4-6,9,11H2,1-3H3. The highest BCUT2D eigenvalue weighted by atomic mass is 35.5. The van der Waals surface area contributed by atoms with Gasteiger partial charge in [-0.25, -0.2) is 0 Å². The highest BCUT2D eigenvalue weighted by molar-refractivity contribution is 6.31. The molecule has 120 valence electrons. The van der Waals surface area contributed by atoms with E-state index >= 15 is 0 Å². The summed E-state index contributed by atoms with van der Waals surface area (Å²) in [4.78, 5) is 16.5. The van der Waals surface area contributed by atoms with Gasteiger partial charge < -0.3 is 4.74 Å². The minimum absolute atomic E-state index is 0.0463. The summed E-state index contributed by atoms with van der Waals surface area (Å²) >= 11 is 6.34. The summed E-state index contributed by atoms with van der Waals surface area (Å²) in [6.45, 7) is 5.03. The molecule has 0 radical (unpaired) electrons. The van der Waals surface area contributed by atoms with Crippen molar-refractivity contribution in [3.63, 3.8) is 0 Å². The van der Waals surface area contributed by atoms with Gasteiger partial charge in [-0.1, -0.05) is 44.0 Å². The molecule has 2 atom stereocenters. The maximum Gasteiger partial charge on any atom is 0.309 e. The third-order valence-corrected chi connectivity index (χ3v) is 4.52. The zero-order valence-electron chi connectivity index (χ0n) is 13.6. The number of ether oxygens (including phenoxy) is 1. The number of benzene rings is 1. The topological polar surface area (TPSA) is 38.7 Å². The van der Waals surface area contributed by atoms with E-state index in [2.05, 4.69) is 26.0 Å². The summed E-state index contributed by atoms with van der Waals surface area (Å²) < 4.78 is 4.86. The highest BCUT2D eigenvalue weighted by Gasteiger charge is 2.47. The van der Waals surface area contributed by atoms with Crippen LogP contribution in [-0.4, -0.2) is 25.3 Å². The van der Waals surface area contributed by atoms with Crippen LogP contribution in [0.3, 0.4) is 0 Å². The fourth-order valence-corrected chi connectivity index (χ4v) is 3.00. The van der Waals surface area contributed by atoms with Crippen molar-refractivity contribution in [2.24, 2.45) is 16.8 Å². The molecule has 0 aromatic heterocycles. The Morgan fingerprint density at radius 2 is 2.14 bits per heavy atom. The first-order valence-electron chi connectivity index (χ1n) is 8.03. The van der Waals surface area contributed by atoms with Crippen LogP contribution in [0.2, 0.25) is 5.02 Å². The molecule has 1 aromatic carbocycles. The molecule has 1 aliphatic rings. The average molecular weight is 322 g/mol. The molecule has 1 fully saturated rings. The van der Waals surface area contributed by atoms with E-state index in [0.717, 1.165) is 54.1 Å². The number of esters is 1. The van der Waals surface area contributed by atoms with Gasteiger partial charge in [-0.15, -0.1) is 0 Å². The minimum atomic E-state index is -0.135. The fourth-order valence-electron chi connectivity index (χ4n) is 2.68. The Bertz CT molecular complexity index is 568. The smallest absolute Gasteiger partial charge is 0.309 e. The van der Waals surface area contributed by atoms with Crippen molar-refractivity contribution >= 4 is 23.3 Å². The van der Waals surface area contributed by atoms with Gasteiger partial charge in [0.2, 0.25) is 0 Å². The average Bonchev–Trinajstić information content (AvgIpc) is 3.31. The molecule has 4 heteroatoms. The lowest BCUT2D eigenvalue weighted by molar-refractivity contribution is -0.142. The lowest BCUT2D eigenvalue weighted by atomic mass is 10.0. The predicted octanol–water partition coefficient (Wildman–Crippen LogP) is 4.30. The second-order valence-electron chi connectivity index (χ2n) is 5.75. The third-order valence-electron chi connectivity index (χ3n) is 4.17. The number of nitrogens with zero attached hydrogens (tertiary/aromatic N) is 1. The van der Waals surface area contributed by atoms with Gasteiger partial charge >= 0.3 is 5.97 Å². The van der Waals surface area contributed by atoms with Gasteiger partial charge in [-0.3, -0.25) is 9.79 Å². The molecule has 1 saturated carbocycles. The van der Waals surface area contributed by atoms with Crippen LogP contribution in [0, 0.1) is 11.8 Å². The molecule has 1 aromatic rings. The first-order valence-corrected chi connectivity index (χ1v) is 8.41. The highest BCUT2D eigenvalue weighted by Crippen LogP contribution is 2.42. The lowest BCUT2D eigenvalue weighted by Crippen LogP contribution is -2.12. The number of unbranched alkanes of at least 4 members (excludes halogenated alkanes) is 1. The molecule has 0 N–H and O–H groups in total. The fraction of sp³-hybridized carbons (Fsp3) is 0.556. The monoisotopic (exact) mass is 321 g/mol. The first kappa shape index (κ1) is 17.0. The Balaban J connectivity index is 2.24. The molecule has 0 saturated heterocycles. The second-order valence-corrected chi connectivity index (χ2v) is 6.16. The second kappa shape index (κ2) is 7.77. The summed E-state index contributed by atoms with van der Waals surface area (Å²) in [6.07, 6.45) is 3.90. The van der Waals surface area contributed by atoms with Gasteiger partial charge in [0.1, 0.15) is 0 Å². The summed E-state index contributed by atoms with van der Waals surface area (Å²) in [6, 6.07) is 6.11. The molecule has 0 spiro atoms. The number of rotatable bonds is 7. The van der Waals surface area contributed by atoms with Crippen LogP contribution in [-0.2, 0) is 16.0 Å². The van der Waals surface area contributed by atoms with E-state index in [4.69, 9.17) is 21.3 Å².